The Hall–Kier alpha value is -5.96. The van der Waals surface area contributed by atoms with E-state index in [9.17, 15) is 0 Å². The third-order valence-corrected chi connectivity index (χ3v) is 12.0. The highest BCUT2D eigenvalue weighted by atomic mass is 32.1. The summed E-state index contributed by atoms with van der Waals surface area (Å²) >= 11 is 1.86. The van der Waals surface area contributed by atoms with Crippen LogP contribution in [0.1, 0.15) is 25.0 Å². The topological polar surface area (TPSA) is 3.24 Å². The minimum atomic E-state index is -0.0249. The molecule has 1 nitrogen and oxygen atoms in total. The maximum absolute atomic E-state index is 2.41. The van der Waals surface area contributed by atoms with Crippen LogP contribution in [0.25, 0.3) is 64.3 Å². The third-order valence-electron chi connectivity index (χ3n) is 10.9. The fourth-order valence-electron chi connectivity index (χ4n) is 8.16. The lowest BCUT2D eigenvalue weighted by Gasteiger charge is -2.26. The molecule has 1 heterocycles. The Bertz CT molecular complexity index is 2770. The number of anilines is 3. The van der Waals surface area contributed by atoms with Crippen LogP contribution in [-0.4, -0.2) is 0 Å². The molecule has 1 aliphatic carbocycles. The second-order valence-corrected chi connectivity index (χ2v) is 15.3. The zero-order valence-electron chi connectivity index (χ0n) is 28.6. The molecule has 0 unspecified atom stereocenters. The van der Waals surface area contributed by atoms with E-state index in [0.29, 0.717) is 0 Å². The van der Waals surface area contributed by atoms with Gasteiger partial charge in [0.25, 0.3) is 0 Å². The Morgan fingerprint density at radius 1 is 0.392 bits per heavy atom. The largest absolute Gasteiger partial charge is 0.310 e. The summed E-state index contributed by atoms with van der Waals surface area (Å²) in [7, 11) is 0. The van der Waals surface area contributed by atoms with Gasteiger partial charge in [0, 0.05) is 42.6 Å². The average molecular weight is 670 g/mol. The van der Waals surface area contributed by atoms with E-state index >= 15 is 0 Å². The summed E-state index contributed by atoms with van der Waals surface area (Å²) in [5.41, 5.74) is 13.8. The van der Waals surface area contributed by atoms with Gasteiger partial charge in [0.05, 0.1) is 0 Å². The molecule has 51 heavy (non-hydrogen) atoms. The van der Waals surface area contributed by atoms with Crippen molar-refractivity contribution in [2.24, 2.45) is 0 Å². The molecule has 8 aromatic carbocycles. The summed E-state index contributed by atoms with van der Waals surface area (Å²) in [4.78, 5) is 2.39. The van der Waals surface area contributed by atoms with Gasteiger partial charge in [-0.25, -0.2) is 0 Å². The van der Waals surface area contributed by atoms with Gasteiger partial charge >= 0.3 is 0 Å². The number of thiophene rings is 1. The van der Waals surface area contributed by atoms with Crippen LogP contribution >= 0.6 is 11.3 Å². The molecule has 0 saturated heterocycles. The normalized spacial score (nSPS) is 13.1. The van der Waals surface area contributed by atoms with Crippen molar-refractivity contribution in [1.29, 1.82) is 0 Å². The van der Waals surface area contributed by atoms with Gasteiger partial charge in [-0.15, -0.1) is 11.3 Å². The molecule has 0 aliphatic heterocycles. The van der Waals surface area contributed by atoms with Gasteiger partial charge < -0.3 is 4.90 Å². The first kappa shape index (κ1) is 29.9. The maximum Gasteiger partial charge on any atom is 0.0476 e. The van der Waals surface area contributed by atoms with Crippen LogP contribution in [0, 0.1) is 0 Å². The number of benzene rings is 8. The predicted molar refractivity (Wildman–Crippen MR) is 220 cm³/mol. The van der Waals surface area contributed by atoms with Crippen molar-refractivity contribution in [2.45, 2.75) is 19.3 Å². The van der Waals surface area contributed by atoms with E-state index in [1.54, 1.807) is 0 Å². The molecule has 0 N–H and O–H groups in total. The van der Waals surface area contributed by atoms with Crippen molar-refractivity contribution in [2.75, 3.05) is 4.90 Å². The highest BCUT2D eigenvalue weighted by Gasteiger charge is 2.35. The molecule has 0 radical (unpaired) electrons. The molecule has 0 amide bonds. The van der Waals surface area contributed by atoms with Gasteiger partial charge in [0.15, 0.2) is 0 Å². The van der Waals surface area contributed by atoms with Crippen molar-refractivity contribution < 1.29 is 0 Å². The number of hydrogen-bond acceptors (Lipinski definition) is 2. The van der Waals surface area contributed by atoms with Crippen LogP contribution < -0.4 is 4.90 Å². The van der Waals surface area contributed by atoms with E-state index in [-0.39, 0.29) is 5.41 Å². The van der Waals surface area contributed by atoms with Crippen molar-refractivity contribution in [3.63, 3.8) is 0 Å². The Balaban J connectivity index is 1.05. The number of nitrogens with zero attached hydrogens (tertiary/aromatic N) is 1. The standard InChI is InChI=1S/C49H35NS/c1-49(2)45-13-7-5-11-41(45)42-27-21-37(30-46(42)49)34-19-24-39(25-20-34)50(40-26-28-44-43-12-6-8-14-47(43)51-48(44)31-40)38-22-17-33(18-23-38)36-16-15-32-9-3-4-10-35(32)29-36/h3-31H,1-2H3. The van der Waals surface area contributed by atoms with Crippen molar-refractivity contribution in [1.82, 2.24) is 0 Å². The van der Waals surface area contributed by atoms with Crippen LogP contribution in [-0.2, 0) is 5.41 Å². The van der Waals surface area contributed by atoms with Crippen LogP contribution in [0.15, 0.2) is 176 Å². The minimum absolute atomic E-state index is 0.0249. The molecule has 0 saturated carbocycles. The average Bonchev–Trinajstić information content (AvgIpc) is 3.66. The number of hydrogen-bond donors (Lipinski definition) is 0. The van der Waals surface area contributed by atoms with Crippen LogP contribution in [0.2, 0.25) is 0 Å². The lowest BCUT2D eigenvalue weighted by Crippen LogP contribution is -2.14. The Kier molecular flexibility index (Phi) is 6.78. The van der Waals surface area contributed by atoms with E-state index in [1.165, 1.54) is 75.5 Å². The second kappa shape index (κ2) is 11.6. The van der Waals surface area contributed by atoms with Gasteiger partial charge in [-0.05, 0) is 110 Å². The SMILES string of the molecule is CC1(C)c2ccccc2-c2ccc(-c3ccc(N(c4ccc(-c5ccc6ccccc6c5)cc4)c4ccc5c(c4)sc4ccccc45)cc3)cc21. The van der Waals surface area contributed by atoms with Gasteiger partial charge in [0.2, 0.25) is 0 Å². The third kappa shape index (κ3) is 4.90. The number of rotatable bonds is 5. The molecular weight excluding hydrogens is 635 g/mol. The van der Waals surface area contributed by atoms with E-state index in [0.717, 1.165) is 17.1 Å². The molecule has 0 bridgehead atoms. The number of fused-ring (bicyclic) bond motifs is 7. The van der Waals surface area contributed by atoms with Crippen molar-refractivity contribution in [3.8, 4) is 33.4 Å². The molecule has 0 fully saturated rings. The van der Waals surface area contributed by atoms with E-state index in [1.807, 2.05) is 11.3 Å². The maximum atomic E-state index is 2.41. The summed E-state index contributed by atoms with van der Waals surface area (Å²) in [6.07, 6.45) is 0. The summed E-state index contributed by atoms with van der Waals surface area (Å²) in [5.74, 6) is 0. The second-order valence-electron chi connectivity index (χ2n) is 14.2. The summed E-state index contributed by atoms with van der Waals surface area (Å²) in [5, 5.41) is 5.15. The Morgan fingerprint density at radius 2 is 0.961 bits per heavy atom. The fraction of sp³-hybridized carbons (Fsp3) is 0.0612. The Morgan fingerprint density at radius 3 is 1.75 bits per heavy atom. The smallest absolute Gasteiger partial charge is 0.0476 e. The monoisotopic (exact) mass is 669 g/mol. The first-order valence-electron chi connectivity index (χ1n) is 17.7. The summed E-state index contributed by atoms with van der Waals surface area (Å²) in [6.45, 7) is 4.70. The van der Waals surface area contributed by atoms with E-state index in [2.05, 4.69) is 195 Å². The molecule has 0 spiro atoms. The van der Waals surface area contributed by atoms with Crippen molar-refractivity contribution in [3.05, 3.63) is 187 Å². The highest BCUT2D eigenvalue weighted by Crippen LogP contribution is 2.50. The van der Waals surface area contributed by atoms with Crippen LogP contribution in [0.3, 0.4) is 0 Å². The van der Waals surface area contributed by atoms with E-state index < -0.39 is 0 Å². The van der Waals surface area contributed by atoms with Gasteiger partial charge in [-0.3, -0.25) is 0 Å². The summed E-state index contributed by atoms with van der Waals surface area (Å²) < 4.78 is 2.62. The highest BCUT2D eigenvalue weighted by molar-refractivity contribution is 7.25. The van der Waals surface area contributed by atoms with Gasteiger partial charge in [-0.2, -0.15) is 0 Å². The zero-order chi connectivity index (χ0) is 34.1. The van der Waals surface area contributed by atoms with E-state index in [4.69, 9.17) is 0 Å². The molecule has 2 heteroatoms. The van der Waals surface area contributed by atoms with Crippen LogP contribution in [0.5, 0.6) is 0 Å². The molecular formula is C49H35NS. The quantitative estimate of drug-likeness (QED) is 0.176. The minimum Gasteiger partial charge on any atom is -0.310 e. The molecule has 9 aromatic rings. The van der Waals surface area contributed by atoms with Gasteiger partial charge in [-0.1, -0.05) is 135 Å². The molecule has 0 atom stereocenters. The zero-order valence-corrected chi connectivity index (χ0v) is 29.4. The summed E-state index contributed by atoms with van der Waals surface area (Å²) in [6, 6.07) is 64.9. The first-order chi connectivity index (χ1) is 25.0. The first-order valence-corrected chi connectivity index (χ1v) is 18.5. The molecule has 10 rings (SSSR count). The molecule has 1 aromatic heterocycles. The lowest BCUT2D eigenvalue weighted by molar-refractivity contribution is 0.660. The van der Waals surface area contributed by atoms with Crippen LogP contribution in [0.4, 0.5) is 17.1 Å². The molecule has 1 aliphatic rings. The Labute approximate surface area is 302 Å². The lowest BCUT2D eigenvalue weighted by atomic mass is 9.81. The van der Waals surface area contributed by atoms with Gasteiger partial charge in [0.1, 0.15) is 0 Å². The fourth-order valence-corrected chi connectivity index (χ4v) is 9.30. The predicted octanol–water partition coefficient (Wildman–Crippen LogP) is 14.3. The van der Waals surface area contributed by atoms with Crippen molar-refractivity contribution >= 4 is 59.3 Å². The molecule has 242 valence electrons.